The molecule has 0 N–H and O–H groups in total. The zero-order chi connectivity index (χ0) is 22.1. The fraction of sp³-hybridized carbons (Fsp3) is 0.600. The molecule has 1 unspecified atom stereocenters. The van der Waals surface area contributed by atoms with Crippen molar-refractivity contribution in [3.63, 3.8) is 0 Å². The van der Waals surface area contributed by atoms with Crippen LogP contribution in [-0.4, -0.2) is 69.1 Å². The molecule has 2 bridgehead atoms. The highest BCUT2D eigenvalue weighted by molar-refractivity contribution is 7.98. The number of carbonyl (C=O) groups is 1. The molecule has 3 atom stereocenters. The lowest BCUT2D eigenvalue weighted by atomic mass is 10.0. The van der Waals surface area contributed by atoms with Gasteiger partial charge in [-0.1, -0.05) is 23.4 Å². The zero-order valence-electron chi connectivity index (χ0n) is 17.7. The number of ether oxygens (including phenoxy) is 2. The molecule has 0 spiro atoms. The SMILES string of the molecule is CSc1nc2c3c(nc(Cl)c(F)c3n1)OCC1[C@@H]3CC[C@H](CN21)N3C(=O)OC(C)(C)C. The Labute approximate surface area is 188 Å². The molecule has 0 aromatic carbocycles. The maximum Gasteiger partial charge on any atom is 0.410 e. The van der Waals surface area contributed by atoms with E-state index in [9.17, 15) is 9.18 Å². The molecule has 166 valence electrons. The smallest absolute Gasteiger partial charge is 0.410 e. The van der Waals surface area contributed by atoms with Crippen LogP contribution in [0.5, 0.6) is 5.88 Å². The topological polar surface area (TPSA) is 80.7 Å². The number of carbonyl (C=O) groups excluding carboxylic acids is 1. The van der Waals surface area contributed by atoms with Crippen LogP contribution in [0.1, 0.15) is 33.6 Å². The number of rotatable bonds is 1. The van der Waals surface area contributed by atoms with Gasteiger partial charge in [-0.25, -0.2) is 19.2 Å². The van der Waals surface area contributed by atoms with Gasteiger partial charge in [-0.2, -0.15) is 4.98 Å². The third kappa shape index (κ3) is 3.34. The van der Waals surface area contributed by atoms with Gasteiger partial charge in [0.05, 0.1) is 18.1 Å². The maximum absolute atomic E-state index is 14.8. The van der Waals surface area contributed by atoms with Crippen LogP contribution >= 0.6 is 23.4 Å². The van der Waals surface area contributed by atoms with Crippen LogP contribution in [0, 0.1) is 5.82 Å². The maximum atomic E-state index is 14.8. The van der Waals surface area contributed by atoms with Gasteiger partial charge in [0.1, 0.15) is 28.9 Å². The first kappa shape index (κ1) is 20.8. The molecule has 2 fully saturated rings. The summed E-state index contributed by atoms with van der Waals surface area (Å²) in [5.74, 6) is 0.116. The number of nitrogens with zero attached hydrogens (tertiary/aromatic N) is 5. The minimum Gasteiger partial charge on any atom is -0.475 e. The second-order valence-electron chi connectivity index (χ2n) is 9.00. The largest absolute Gasteiger partial charge is 0.475 e. The lowest BCUT2D eigenvalue weighted by molar-refractivity contribution is 0.00539. The average Bonchev–Trinajstić information content (AvgIpc) is 2.94. The Bertz CT molecular complexity index is 1080. The molecule has 2 aromatic heterocycles. The molecule has 3 aliphatic rings. The van der Waals surface area contributed by atoms with Gasteiger partial charge in [0.25, 0.3) is 0 Å². The van der Waals surface area contributed by atoms with Crippen LogP contribution in [0.4, 0.5) is 15.0 Å². The number of anilines is 1. The van der Waals surface area contributed by atoms with E-state index >= 15 is 0 Å². The van der Waals surface area contributed by atoms with Crippen molar-refractivity contribution in [3.05, 3.63) is 11.0 Å². The summed E-state index contributed by atoms with van der Waals surface area (Å²) in [5, 5.41) is 0.584. The number of hydrogen-bond acceptors (Lipinski definition) is 8. The number of aromatic nitrogens is 3. The first-order valence-electron chi connectivity index (χ1n) is 10.2. The highest BCUT2D eigenvalue weighted by Gasteiger charge is 2.51. The van der Waals surface area contributed by atoms with Gasteiger partial charge in [0.15, 0.2) is 16.1 Å². The first-order chi connectivity index (χ1) is 14.7. The predicted octanol–water partition coefficient (Wildman–Crippen LogP) is 3.89. The fourth-order valence-electron chi connectivity index (χ4n) is 4.73. The van der Waals surface area contributed by atoms with Gasteiger partial charge in [-0.3, -0.25) is 4.90 Å². The average molecular weight is 468 g/mol. The van der Waals surface area contributed by atoms with Gasteiger partial charge < -0.3 is 14.4 Å². The molecule has 11 heteroatoms. The van der Waals surface area contributed by atoms with Crippen LogP contribution < -0.4 is 9.64 Å². The van der Waals surface area contributed by atoms with Crippen molar-refractivity contribution < 1.29 is 18.7 Å². The lowest BCUT2D eigenvalue weighted by Crippen LogP contribution is -2.63. The number of thioether (sulfide) groups is 1. The van der Waals surface area contributed by atoms with E-state index in [0.717, 1.165) is 12.8 Å². The molecule has 2 aromatic rings. The van der Waals surface area contributed by atoms with Gasteiger partial charge in [-0.05, 0) is 39.9 Å². The second-order valence-corrected chi connectivity index (χ2v) is 10.1. The molecule has 2 saturated heterocycles. The van der Waals surface area contributed by atoms with Crippen molar-refractivity contribution >= 4 is 46.2 Å². The molecule has 0 aliphatic carbocycles. The number of halogens is 2. The molecule has 0 saturated carbocycles. The Hall–Kier alpha value is -2.07. The van der Waals surface area contributed by atoms with E-state index in [1.165, 1.54) is 11.8 Å². The normalized spacial score (nSPS) is 24.6. The summed E-state index contributed by atoms with van der Waals surface area (Å²) in [4.78, 5) is 30.1. The Morgan fingerprint density at radius 1 is 1.26 bits per heavy atom. The number of fused-ring (bicyclic) bond motifs is 5. The summed E-state index contributed by atoms with van der Waals surface area (Å²) in [6.07, 6.45) is 3.22. The number of pyridine rings is 1. The van der Waals surface area contributed by atoms with Crippen LogP contribution in [0.3, 0.4) is 0 Å². The van der Waals surface area contributed by atoms with Crippen LogP contribution in [0.25, 0.3) is 10.9 Å². The van der Waals surface area contributed by atoms with Crippen molar-refractivity contribution in [3.8, 4) is 5.88 Å². The lowest BCUT2D eigenvalue weighted by Gasteiger charge is -2.46. The molecular weight excluding hydrogens is 445 g/mol. The molecule has 0 radical (unpaired) electrons. The minimum absolute atomic E-state index is 0.0227. The zero-order valence-corrected chi connectivity index (χ0v) is 19.3. The Balaban J connectivity index is 1.60. The van der Waals surface area contributed by atoms with Gasteiger partial charge >= 0.3 is 6.09 Å². The standard InChI is InChI=1S/C20H23ClFN5O3S/c1-20(2,3)30-19(28)27-9-5-6-10(27)11-8-29-17-12-14(13(22)15(21)24-17)23-18(31-4)25-16(12)26(11)7-9/h9-11H,5-8H2,1-4H3/t9-,10+,11?/m1/s1. The van der Waals surface area contributed by atoms with Crippen molar-refractivity contribution in [1.29, 1.82) is 0 Å². The van der Waals surface area contributed by atoms with Crippen LogP contribution in [0.2, 0.25) is 5.15 Å². The summed E-state index contributed by atoms with van der Waals surface area (Å²) >= 11 is 7.35. The van der Waals surface area contributed by atoms with E-state index in [1.54, 1.807) is 0 Å². The summed E-state index contributed by atoms with van der Waals surface area (Å²) < 4.78 is 26.5. The van der Waals surface area contributed by atoms with E-state index < -0.39 is 11.4 Å². The van der Waals surface area contributed by atoms with Crippen LogP contribution in [-0.2, 0) is 4.74 Å². The van der Waals surface area contributed by atoms with Crippen molar-refractivity contribution in [2.45, 2.75) is 62.5 Å². The van der Waals surface area contributed by atoms with Gasteiger partial charge in [0.2, 0.25) is 5.88 Å². The number of hydrogen-bond donors (Lipinski definition) is 0. The molecule has 31 heavy (non-hydrogen) atoms. The first-order valence-corrected chi connectivity index (χ1v) is 11.8. The molecule has 3 aliphatic heterocycles. The van der Waals surface area contributed by atoms with E-state index in [0.29, 0.717) is 22.9 Å². The molecule has 5 heterocycles. The highest BCUT2D eigenvalue weighted by Crippen LogP contribution is 2.44. The number of piperazine rings is 1. The van der Waals surface area contributed by atoms with Gasteiger partial charge in [-0.15, -0.1) is 0 Å². The molecule has 5 rings (SSSR count). The van der Waals surface area contributed by atoms with Crippen molar-refractivity contribution in [2.24, 2.45) is 0 Å². The summed E-state index contributed by atoms with van der Waals surface area (Å²) in [6.45, 7) is 6.40. The van der Waals surface area contributed by atoms with Crippen molar-refractivity contribution in [1.82, 2.24) is 19.9 Å². The molecular formula is C20H23ClFN5O3S. The Morgan fingerprint density at radius 3 is 2.74 bits per heavy atom. The summed E-state index contributed by atoms with van der Waals surface area (Å²) in [7, 11) is 0. The third-order valence-corrected chi connectivity index (χ3v) is 6.72. The molecule has 8 nitrogen and oxygen atoms in total. The quantitative estimate of drug-likeness (QED) is 0.355. The predicted molar refractivity (Wildman–Crippen MR) is 116 cm³/mol. The summed E-state index contributed by atoms with van der Waals surface area (Å²) in [5.41, 5.74) is -0.472. The molecule has 1 amide bonds. The number of amides is 1. The monoisotopic (exact) mass is 467 g/mol. The van der Waals surface area contributed by atoms with Crippen LogP contribution in [0.15, 0.2) is 5.16 Å². The van der Waals surface area contributed by atoms with E-state index in [-0.39, 0.29) is 47.4 Å². The van der Waals surface area contributed by atoms with E-state index in [4.69, 9.17) is 26.1 Å². The second kappa shape index (κ2) is 7.23. The highest BCUT2D eigenvalue weighted by atomic mass is 35.5. The Kier molecular flexibility index (Phi) is 4.85. The van der Waals surface area contributed by atoms with E-state index in [2.05, 4.69) is 14.9 Å². The fourth-order valence-corrected chi connectivity index (χ4v) is 5.25. The van der Waals surface area contributed by atoms with E-state index in [1.807, 2.05) is 31.9 Å². The van der Waals surface area contributed by atoms with Crippen molar-refractivity contribution in [2.75, 3.05) is 24.3 Å². The van der Waals surface area contributed by atoms with Gasteiger partial charge in [0, 0.05) is 6.54 Å². The third-order valence-electron chi connectivity index (χ3n) is 5.92. The Morgan fingerprint density at radius 2 is 2.03 bits per heavy atom. The minimum atomic E-state index is -0.684. The summed E-state index contributed by atoms with van der Waals surface area (Å²) in [6, 6.07) is -0.299.